The number of hydrogen-bond acceptors (Lipinski definition) is 2. The molecule has 0 bridgehead atoms. The van der Waals surface area contributed by atoms with Gasteiger partial charge < -0.3 is 4.57 Å². The van der Waals surface area contributed by atoms with Crippen molar-refractivity contribution in [2.75, 3.05) is 0 Å². The van der Waals surface area contributed by atoms with Gasteiger partial charge in [-0.05, 0) is 18.1 Å². The highest BCUT2D eigenvalue weighted by molar-refractivity contribution is 5.28. The molecule has 2 rings (SSSR count). The molecule has 0 aliphatic carbocycles. The van der Waals surface area contributed by atoms with Gasteiger partial charge in [-0.15, -0.1) is 0 Å². The topological polar surface area (TPSA) is 30.7 Å². The summed E-state index contributed by atoms with van der Waals surface area (Å²) in [5, 5.41) is 0. The second kappa shape index (κ2) is 6.05. The van der Waals surface area contributed by atoms with Gasteiger partial charge >= 0.3 is 0 Å². The van der Waals surface area contributed by atoms with E-state index in [-0.39, 0.29) is 0 Å². The fraction of sp³-hybridized carbons (Fsp3) is 0.385. The number of aromatic nitrogens is 3. The Morgan fingerprint density at radius 3 is 2.50 bits per heavy atom. The first-order valence-electron chi connectivity index (χ1n) is 5.71. The van der Waals surface area contributed by atoms with Crippen molar-refractivity contribution >= 4 is 0 Å². The zero-order chi connectivity index (χ0) is 12.0. The second-order valence-electron chi connectivity index (χ2n) is 3.57. The third kappa shape index (κ3) is 2.92. The molecular formula is C13H19N3. The largest absolute Gasteiger partial charge is 0.304 e. The Hall–Kier alpha value is -1.64. The van der Waals surface area contributed by atoms with Crippen LogP contribution in [0.3, 0.4) is 0 Å². The molecule has 2 aromatic heterocycles. The van der Waals surface area contributed by atoms with Gasteiger partial charge in [0, 0.05) is 12.4 Å². The monoisotopic (exact) mass is 217 g/mol. The molecule has 3 heteroatoms. The van der Waals surface area contributed by atoms with Gasteiger partial charge in [-0.1, -0.05) is 27.7 Å². The molecule has 0 unspecified atom stereocenters. The molecule has 0 N–H and O–H groups in total. The van der Waals surface area contributed by atoms with Crippen LogP contribution in [0.25, 0.3) is 5.69 Å². The van der Waals surface area contributed by atoms with E-state index < -0.39 is 0 Å². The number of pyridine rings is 1. The van der Waals surface area contributed by atoms with Gasteiger partial charge in [0.15, 0.2) is 0 Å². The Labute approximate surface area is 97.2 Å². The van der Waals surface area contributed by atoms with Gasteiger partial charge in [0.2, 0.25) is 0 Å². The van der Waals surface area contributed by atoms with Gasteiger partial charge in [0.25, 0.3) is 0 Å². The van der Waals surface area contributed by atoms with Crippen LogP contribution in [0.2, 0.25) is 0 Å². The van der Waals surface area contributed by atoms with Crippen molar-refractivity contribution in [3.63, 3.8) is 0 Å². The molecule has 0 saturated heterocycles. The van der Waals surface area contributed by atoms with Crippen molar-refractivity contribution in [3.8, 4) is 5.69 Å². The summed E-state index contributed by atoms with van der Waals surface area (Å²) in [5.41, 5.74) is 2.15. The molecule has 0 aliphatic heterocycles. The predicted molar refractivity (Wildman–Crippen MR) is 66.8 cm³/mol. The molecule has 0 aliphatic rings. The number of imidazole rings is 1. The van der Waals surface area contributed by atoms with E-state index in [0.717, 1.165) is 11.4 Å². The van der Waals surface area contributed by atoms with Crippen molar-refractivity contribution in [2.24, 2.45) is 0 Å². The quantitative estimate of drug-likeness (QED) is 0.771. The van der Waals surface area contributed by atoms with Crippen LogP contribution in [0.1, 0.15) is 39.3 Å². The predicted octanol–water partition coefficient (Wildman–Crippen LogP) is 3.42. The number of rotatable bonds is 2. The van der Waals surface area contributed by atoms with Crippen molar-refractivity contribution in [1.29, 1.82) is 0 Å². The molecule has 3 nitrogen and oxygen atoms in total. The zero-order valence-electron chi connectivity index (χ0n) is 10.4. The average Bonchev–Trinajstić information content (AvgIpc) is 2.82. The fourth-order valence-electron chi connectivity index (χ4n) is 1.28. The van der Waals surface area contributed by atoms with Crippen LogP contribution < -0.4 is 0 Å². The van der Waals surface area contributed by atoms with Gasteiger partial charge in [-0.25, -0.2) is 4.98 Å². The Morgan fingerprint density at radius 1 is 1.25 bits per heavy atom. The summed E-state index contributed by atoms with van der Waals surface area (Å²) < 4.78 is 1.99. The molecule has 2 aromatic rings. The lowest BCUT2D eigenvalue weighted by Gasteiger charge is -2.00. The summed E-state index contributed by atoms with van der Waals surface area (Å²) in [5.74, 6) is 0.466. The summed E-state index contributed by atoms with van der Waals surface area (Å²) >= 11 is 0. The van der Waals surface area contributed by atoms with Crippen LogP contribution in [-0.2, 0) is 0 Å². The maximum atomic E-state index is 4.33. The van der Waals surface area contributed by atoms with Crippen molar-refractivity contribution < 1.29 is 0 Å². The third-order valence-corrected chi connectivity index (χ3v) is 2.14. The first kappa shape index (κ1) is 12.4. The summed E-state index contributed by atoms with van der Waals surface area (Å²) in [6.45, 7) is 8.27. The molecular weight excluding hydrogens is 198 g/mol. The van der Waals surface area contributed by atoms with E-state index in [1.807, 2.05) is 49.3 Å². The minimum Gasteiger partial charge on any atom is -0.304 e. The smallest absolute Gasteiger partial charge is 0.0995 e. The SMILES string of the molecule is CC.CC(C)c1cn(-c2cccnc2)cn1. The summed E-state index contributed by atoms with van der Waals surface area (Å²) in [6, 6.07) is 3.93. The summed E-state index contributed by atoms with van der Waals surface area (Å²) in [4.78, 5) is 8.39. The lowest BCUT2D eigenvalue weighted by molar-refractivity contribution is 0.831. The third-order valence-electron chi connectivity index (χ3n) is 2.14. The van der Waals surface area contributed by atoms with Crippen LogP contribution >= 0.6 is 0 Å². The van der Waals surface area contributed by atoms with E-state index in [9.17, 15) is 0 Å². The fourth-order valence-corrected chi connectivity index (χ4v) is 1.28. The first-order valence-corrected chi connectivity index (χ1v) is 5.71. The molecule has 0 radical (unpaired) electrons. The molecule has 0 spiro atoms. The lowest BCUT2D eigenvalue weighted by Crippen LogP contribution is -1.90. The van der Waals surface area contributed by atoms with E-state index in [1.54, 1.807) is 6.20 Å². The molecule has 0 aromatic carbocycles. The summed E-state index contributed by atoms with van der Waals surface area (Å²) in [7, 11) is 0. The highest BCUT2D eigenvalue weighted by atomic mass is 15.0. The zero-order valence-corrected chi connectivity index (χ0v) is 10.4. The van der Waals surface area contributed by atoms with E-state index >= 15 is 0 Å². The molecule has 86 valence electrons. The normalized spacial score (nSPS) is 9.81. The maximum Gasteiger partial charge on any atom is 0.0995 e. The molecule has 0 fully saturated rings. The Morgan fingerprint density at radius 2 is 2.00 bits per heavy atom. The van der Waals surface area contributed by atoms with Crippen LogP contribution in [0.5, 0.6) is 0 Å². The number of hydrogen-bond donors (Lipinski definition) is 0. The molecule has 0 atom stereocenters. The highest BCUT2D eigenvalue weighted by Gasteiger charge is 2.03. The number of nitrogens with zero attached hydrogens (tertiary/aromatic N) is 3. The maximum absolute atomic E-state index is 4.33. The molecule has 0 amide bonds. The van der Waals surface area contributed by atoms with Crippen molar-refractivity contribution in [3.05, 3.63) is 42.7 Å². The first-order chi connectivity index (χ1) is 7.77. The van der Waals surface area contributed by atoms with E-state index in [2.05, 4.69) is 23.8 Å². The van der Waals surface area contributed by atoms with Gasteiger partial charge in [-0.3, -0.25) is 4.98 Å². The van der Waals surface area contributed by atoms with Crippen LogP contribution in [0, 0.1) is 0 Å². The minimum absolute atomic E-state index is 0.466. The Bertz CT molecular complexity index is 404. The molecule has 0 saturated carbocycles. The highest BCUT2D eigenvalue weighted by Crippen LogP contribution is 2.13. The van der Waals surface area contributed by atoms with E-state index in [0.29, 0.717) is 5.92 Å². The van der Waals surface area contributed by atoms with Crippen LogP contribution in [0.4, 0.5) is 0 Å². The van der Waals surface area contributed by atoms with Crippen molar-refractivity contribution in [2.45, 2.75) is 33.6 Å². The Kier molecular flexibility index (Phi) is 4.70. The summed E-state index contributed by atoms with van der Waals surface area (Å²) in [6.07, 6.45) is 7.46. The van der Waals surface area contributed by atoms with Crippen LogP contribution in [-0.4, -0.2) is 14.5 Å². The minimum atomic E-state index is 0.466. The average molecular weight is 217 g/mol. The molecule has 2 heterocycles. The standard InChI is InChI=1S/C11H13N3.C2H6/c1-9(2)11-7-14(8-13-11)10-4-3-5-12-6-10;1-2/h3-9H,1-2H3;1-2H3. The van der Waals surface area contributed by atoms with E-state index in [1.165, 1.54) is 0 Å². The lowest BCUT2D eigenvalue weighted by atomic mass is 10.2. The van der Waals surface area contributed by atoms with Crippen molar-refractivity contribution in [1.82, 2.24) is 14.5 Å². The Balaban J connectivity index is 0.000000606. The van der Waals surface area contributed by atoms with Gasteiger partial charge in [0.1, 0.15) is 0 Å². The van der Waals surface area contributed by atoms with Gasteiger partial charge in [-0.2, -0.15) is 0 Å². The van der Waals surface area contributed by atoms with Gasteiger partial charge in [0.05, 0.1) is 23.9 Å². The van der Waals surface area contributed by atoms with E-state index in [4.69, 9.17) is 0 Å². The second-order valence-corrected chi connectivity index (χ2v) is 3.57. The van der Waals surface area contributed by atoms with Crippen LogP contribution in [0.15, 0.2) is 37.1 Å². The molecule has 16 heavy (non-hydrogen) atoms.